The van der Waals surface area contributed by atoms with Crippen LogP contribution in [0.3, 0.4) is 0 Å². The Hall–Kier alpha value is 0.266. The van der Waals surface area contributed by atoms with Crippen molar-refractivity contribution < 1.29 is 17.0 Å². The van der Waals surface area contributed by atoms with Crippen LogP contribution in [-0.2, 0) is 0 Å². The van der Waals surface area contributed by atoms with Gasteiger partial charge in [0.25, 0.3) is 0 Å². The van der Waals surface area contributed by atoms with Gasteiger partial charge in [-0.25, -0.2) is 0 Å². The molecule has 1 rings (SSSR count). The van der Waals surface area contributed by atoms with Crippen molar-refractivity contribution >= 4 is 28.7 Å². The molecule has 3 heteroatoms. The number of benzene rings is 1. The molecule has 0 aliphatic heterocycles. The van der Waals surface area contributed by atoms with Gasteiger partial charge in [-0.2, -0.15) is 18.2 Å². The Labute approximate surface area is 102 Å². The maximum Gasteiger partial charge on any atom is 2.00 e. The van der Waals surface area contributed by atoms with Crippen LogP contribution in [0.1, 0.15) is 7.43 Å². The minimum Gasteiger partial charge on any atom is -1.00 e. The van der Waals surface area contributed by atoms with E-state index in [1.807, 2.05) is 38.4 Å². The minimum absolute atomic E-state index is 0. The molecule has 0 amide bonds. The Morgan fingerprint density at radius 2 is 1.58 bits per heavy atom. The van der Waals surface area contributed by atoms with Gasteiger partial charge in [0.15, 0.2) is 0 Å². The first kappa shape index (κ1) is 18.1. The Bertz CT molecular complexity index is 177. The van der Waals surface area contributed by atoms with Crippen molar-refractivity contribution in [3.8, 4) is 0 Å². The number of rotatable bonds is 1. The predicted molar refractivity (Wildman–Crippen MR) is 52.1 cm³/mol. The molecule has 12 heavy (non-hydrogen) atoms. The summed E-state index contributed by atoms with van der Waals surface area (Å²) in [4.78, 5) is 2.06. The zero-order valence-corrected chi connectivity index (χ0v) is 9.84. The SMILES string of the molecule is C.CN(C)c1cc[c-]cc1.[Br-].[Mg+2]. The van der Waals surface area contributed by atoms with E-state index in [0.29, 0.717) is 0 Å². The standard InChI is InChI=1S/C8H10N.CH4.BrH.Mg/c1-9(2)8-6-4-3-5-7-8;;;/h4-7H,1-2H3;1H4;1H;/q-1;;;+2/p-1. The quantitative estimate of drug-likeness (QED) is 0.441. The second-order valence-electron chi connectivity index (χ2n) is 2.15. The van der Waals surface area contributed by atoms with Crippen LogP contribution in [0.25, 0.3) is 0 Å². The Morgan fingerprint density at radius 1 is 1.17 bits per heavy atom. The molecule has 0 aliphatic rings. The molecule has 0 fully saturated rings. The van der Waals surface area contributed by atoms with E-state index in [4.69, 9.17) is 0 Å². The number of halogens is 1. The predicted octanol–water partition coefficient (Wildman–Crippen LogP) is -1.19. The number of hydrogen-bond acceptors (Lipinski definition) is 1. The third-order valence-corrected chi connectivity index (χ3v) is 1.22. The molecule has 0 aromatic heterocycles. The van der Waals surface area contributed by atoms with E-state index in [2.05, 4.69) is 11.0 Å². The van der Waals surface area contributed by atoms with Crippen LogP contribution < -0.4 is 21.9 Å². The smallest absolute Gasteiger partial charge is 1.00 e. The molecule has 1 aromatic rings. The van der Waals surface area contributed by atoms with Crippen LogP contribution in [0.2, 0.25) is 0 Å². The monoisotopic (exact) mass is 239 g/mol. The second-order valence-corrected chi connectivity index (χ2v) is 2.15. The number of nitrogens with zero attached hydrogens (tertiary/aromatic N) is 1. The van der Waals surface area contributed by atoms with Gasteiger partial charge in [0, 0.05) is 14.1 Å². The summed E-state index contributed by atoms with van der Waals surface area (Å²) in [6.45, 7) is 0. The topological polar surface area (TPSA) is 3.24 Å². The zero-order valence-electron chi connectivity index (χ0n) is 6.84. The minimum atomic E-state index is 0. The van der Waals surface area contributed by atoms with Gasteiger partial charge in [-0.05, 0) is 0 Å². The van der Waals surface area contributed by atoms with E-state index in [9.17, 15) is 0 Å². The summed E-state index contributed by atoms with van der Waals surface area (Å²) in [5.41, 5.74) is 1.22. The van der Waals surface area contributed by atoms with Crippen LogP contribution in [0.15, 0.2) is 24.3 Å². The van der Waals surface area contributed by atoms with Crippen LogP contribution in [0.4, 0.5) is 5.69 Å². The third kappa shape index (κ3) is 5.86. The van der Waals surface area contributed by atoms with Gasteiger partial charge in [0.05, 0.1) is 0 Å². The van der Waals surface area contributed by atoms with Crippen LogP contribution in [0, 0.1) is 6.07 Å². The summed E-state index contributed by atoms with van der Waals surface area (Å²) in [7, 11) is 4.05. The fourth-order valence-electron chi connectivity index (χ4n) is 0.676. The molecule has 0 unspecified atom stereocenters. The summed E-state index contributed by atoms with van der Waals surface area (Å²) in [5, 5.41) is 0. The maximum absolute atomic E-state index is 2.96. The molecular formula is C9H14BrMgN. The molecule has 0 N–H and O–H groups in total. The van der Waals surface area contributed by atoms with E-state index < -0.39 is 0 Å². The number of anilines is 1. The van der Waals surface area contributed by atoms with Crippen molar-refractivity contribution in [3.63, 3.8) is 0 Å². The molecule has 0 spiro atoms. The van der Waals surface area contributed by atoms with E-state index in [1.54, 1.807) is 0 Å². The van der Waals surface area contributed by atoms with E-state index >= 15 is 0 Å². The van der Waals surface area contributed by atoms with E-state index in [0.717, 1.165) is 0 Å². The van der Waals surface area contributed by atoms with Crippen molar-refractivity contribution in [1.29, 1.82) is 0 Å². The molecule has 0 bridgehead atoms. The van der Waals surface area contributed by atoms with Gasteiger partial charge in [0.2, 0.25) is 0 Å². The number of hydrogen-bond donors (Lipinski definition) is 0. The Kier molecular flexibility index (Phi) is 14.1. The van der Waals surface area contributed by atoms with Crippen LogP contribution >= 0.6 is 0 Å². The van der Waals surface area contributed by atoms with Gasteiger partial charge in [-0.3, -0.25) is 0 Å². The second kappa shape index (κ2) is 9.35. The normalized spacial score (nSPS) is 6.83. The Balaban J connectivity index is -0.000000270. The van der Waals surface area contributed by atoms with Crippen LogP contribution in [0.5, 0.6) is 0 Å². The first-order valence-corrected chi connectivity index (χ1v) is 2.94. The van der Waals surface area contributed by atoms with Gasteiger partial charge in [-0.1, -0.05) is 13.1 Å². The average molecular weight is 240 g/mol. The molecule has 64 valence electrons. The molecule has 0 heterocycles. The zero-order chi connectivity index (χ0) is 6.69. The molecule has 1 aromatic carbocycles. The van der Waals surface area contributed by atoms with Crippen molar-refractivity contribution in [2.24, 2.45) is 0 Å². The van der Waals surface area contributed by atoms with Crippen LogP contribution in [-0.4, -0.2) is 37.1 Å². The van der Waals surface area contributed by atoms with Gasteiger partial charge in [0.1, 0.15) is 0 Å². The first-order chi connectivity index (χ1) is 4.30. The summed E-state index contributed by atoms with van der Waals surface area (Å²) in [5.74, 6) is 0. The van der Waals surface area contributed by atoms with E-state index in [-0.39, 0.29) is 47.5 Å². The van der Waals surface area contributed by atoms with Crippen molar-refractivity contribution in [2.45, 2.75) is 7.43 Å². The molecule has 1 nitrogen and oxygen atoms in total. The third-order valence-electron chi connectivity index (χ3n) is 1.22. The van der Waals surface area contributed by atoms with Gasteiger partial charge < -0.3 is 21.9 Å². The molecule has 0 saturated heterocycles. The first-order valence-electron chi connectivity index (χ1n) is 2.94. The molecule has 0 atom stereocenters. The van der Waals surface area contributed by atoms with E-state index in [1.165, 1.54) is 5.69 Å². The summed E-state index contributed by atoms with van der Waals surface area (Å²) < 4.78 is 0. The molecular weight excluding hydrogens is 226 g/mol. The van der Waals surface area contributed by atoms with Gasteiger partial charge in [-0.15, -0.1) is 12.1 Å². The fourth-order valence-corrected chi connectivity index (χ4v) is 0.676. The van der Waals surface area contributed by atoms with Crippen molar-refractivity contribution in [3.05, 3.63) is 30.3 Å². The van der Waals surface area contributed by atoms with Gasteiger partial charge >= 0.3 is 23.1 Å². The summed E-state index contributed by atoms with van der Waals surface area (Å²) in [6, 6.07) is 10.8. The van der Waals surface area contributed by atoms with Crippen molar-refractivity contribution in [2.75, 3.05) is 19.0 Å². The largest absolute Gasteiger partial charge is 2.00 e. The fraction of sp³-hybridized carbons (Fsp3) is 0.333. The molecule has 0 radical (unpaired) electrons. The molecule has 0 saturated carbocycles. The Morgan fingerprint density at radius 3 is 1.83 bits per heavy atom. The molecule has 0 aliphatic carbocycles. The maximum atomic E-state index is 2.96. The van der Waals surface area contributed by atoms with Crippen molar-refractivity contribution in [1.82, 2.24) is 0 Å². The average Bonchev–Trinajstić information content (AvgIpc) is 1.90. The summed E-state index contributed by atoms with van der Waals surface area (Å²) in [6.07, 6.45) is 0. The summed E-state index contributed by atoms with van der Waals surface area (Å²) >= 11 is 0.